The second kappa shape index (κ2) is 10.2. The lowest BCUT2D eigenvalue weighted by Crippen LogP contribution is -2.40. The maximum absolute atomic E-state index is 12.3. The summed E-state index contributed by atoms with van der Waals surface area (Å²) in [4.78, 5) is 27.0. The van der Waals surface area contributed by atoms with E-state index in [4.69, 9.17) is 4.42 Å². The molecule has 1 unspecified atom stereocenters. The second-order valence-corrected chi connectivity index (χ2v) is 7.41. The lowest BCUT2D eigenvalue weighted by molar-refractivity contribution is -0.121. The van der Waals surface area contributed by atoms with Gasteiger partial charge in [0.05, 0.1) is 12.3 Å². The van der Waals surface area contributed by atoms with E-state index in [-0.39, 0.29) is 30.6 Å². The fraction of sp³-hybridized carbons (Fsp3) is 0.478. The van der Waals surface area contributed by atoms with Crippen molar-refractivity contribution in [2.45, 2.75) is 51.5 Å². The Morgan fingerprint density at radius 2 is 1.82 bits per heavy atom. The molecule has 2 heterocycles. The molecule has 1 aromatic heterocycles. The highest BCUT2D eigenvalue weighted by Crippen LogP contribution is 2.24. The maximum Gasteiger partial charge on any atom is 0.220 e. The molecule has 3 rings (SSSR count). The zero-order valence-corrected chi connectivity index (χ0v) is 16.7. The molecule has 1 atom stereocenters. The van der Waals surface area contributed by atoms with Crippen LogP contribution >= 0.6 is 0 Å². The number of benzene rings is 1. The summed E-state index contributed by atoms with van der Waals surface area (Å²) in [7, 11) is 0. The third-order valence-electron chi connectivity index (χ3n) is 5.46. The van der Waals surface area contributed by atoms with Crippen LogP contribution < -0.4 is 5.32 Å². The van der Waals surface area contributed by atoms with Gasteiger partial charge in [0.25, 0.3) is 0 Å². The molecule has 1 aliphatic heterocycles. The number of carbonyl (C=O) groups excluding carboxylic acids is 2. The lowest BCUT2D eigenvalue weighted by Gasteiger charge is -2.33. The van der Waals surface area contributed by atoms with Crippen molar-refractivity contribution in [2.75, 3.05) is 19.6 Å². The Kier molecular flexibility index (Phi) is 7.43. The summed E-state index contributed by atoms with van der Waals surface area (Å²) >= 11 is 0. The zero-order valence-electron chi connectivity index (χ0n) is 16.7. The largest absolute Gasteiger partial charge is 0.468 e. The molecule has 5 nitrogen and oxygen atoms in total. The molecule has 0 spiro atoms. The monoisotopic (exact) mass is 382 g/mol. The van der Waals surface area contributed by atoms with Crippen LogP contribution in [-0.4, -0.2) is 36.2 Å². The number of piperidine rings is 1. The number of ketones is 1. The van der Waals surface area contributed by atoms with E-state index in [9.17, 15) is 9.59 Å². The van der Waals surface area contributed by atoms with Crippen molar-refractivity contribution >= 4 is 11.7 Å². The van der Waals surface area contributed by atoms with E-state index in [1.165, 1.54) is 24.8 Å². The quantitative estimate of drug-likeness (QED) is 0.662. The van der Waals surface area contributed by atoms with Crippen molar-refractivity contribution in [2.24, 2.45) is 0 Å². The Bertz CT molecular complexity index is 747. The van der Waals surface area contributed by atoms with Crippen LogP contribution in [0.1, 0.15) is 66.8 Å². The topological polar surface area (TPSA) is 62.6 Å². The van der Waals surface area contributed by atoms with Gasteiger partial charge in [-0.05, 0) is 50.0 Å². The first-order chi connectivity index (χ1) is 13.7. The number of furan rings is 1. The SMILES string of the molecule is CCc1ccc(C(=O)CCC(=O)NCC(c2ccco2)N2CCCCC2)cc1. The highest BCUT2D eigenvalue weighted by molar-refractivity contribution is 5.97. The molecule has 1 amide bonds. The van der Waals surface area contributed by atoms with E-state index in [0.29, 0.717) is 12.1 Å². The van der Waals surface area contributed by atoms with Crippen molar-refractivity contribution in [3.63, 3.8) is 0 Å². The van der Waals surface area contributed by atoms with Crippen LogP contribution in [0, 0.1) is 0 Å². The third-order valence-corrected chi connectivity index (χ3v) is 5.46. The van der Waals surface area contributed by atoms with E-state index >= 15 is 0 Å². The summed E-state index contributed by atoms with van der Waals surface area (Å²) in [6.45, 7) is 4.63. The molecule has 5 heteroatoms. The van der Waals surface area contributed by atoms with E-state index in [1.54, 1.807) is 6.26 Å². The van der Waals surface area contributed by atoms with Crippen LogP contribution in [0.2, 0.25) is 0 Å². The molecule has 1 saturated heterocycles. The van der Waals surface area contributed by atoms with Crippen LogP contribution in [0.15, 0.2) is 47.1 Å². The van der Waals surface area contributed by atoms with Gasteiger partial charge in [-0.1, -0.05) is 37.6 Å². The highest BCUT2D eigenvalue weighted by Gasteiger charge is 2.25. The number of Topliss-reactive ketones (excluding diaryl/α,β-unsaturated/α-hetero) is 1. The summed E-state index contributed by atoms with van der Waals surface area (Å²) < 4.78 is 5.61. The molecule has 28 heavy (non-hydrogen) atoms. The predicted molar refractivity (Wildman–Crippen MR) is 109 cm³/mol. The number of amides is 1. The maximum atomic E-state index is 12.3. The van der Waals surface area contributed by atoms with Crippen LogP contribution in [0.25, 0.3) is 0 Å². The van der Waals surface area contributed by atoms with Crippen molar-refractivity contribution < 1.29 is 14.0 Å². The number of hydrogen-bond donors (Lipinski definition) is 1. The molecule has 1 aliphatic rings. The number of nitrogens with one attached hydrogen (secondary N) is 1. The van der Waals surface area contributed by atoms with E-state index in [1.807, 2.05) is 36.4 Å². The molecule has 0 radical (unpaired) electrons. The van der Waals surface area contributed by atoms with E-state index in [2.05, 4.69) is 17.1 Å². The average molecular weight is 383 g/mol. The van der Waals surface area contributed by atoms with Crippen LogP contribution in [0.3, 0.4) is 0 Å². The van der Waals surface area contributed by atoms with Crippen molar-refractivity contribution in [3.05, 3.63) is 59.5 Å². The summed E-state index contributed by atoms with van der Waals surface area (Å²) in [6, 6.07) is 11.5. The second-order valence-electron chi connectivity index (χ2n) is 7.41. The number of hydrogen-bond acceptors (Lipinski definition) is 4. The number of aryl methyl sites for hydroxylation is 1. The van der Waals surface area contributed by atoms with Crippen LogP contribution in [-0.2, 0) is 11.2 Å². The van der Waals surface area contributed by atoms with Crippen LogP contribution in [0.4, 0.5) is 0 Å². The normalized spacial score (nSPS) is 15.9. The lowest BCUT2D eigenvalue weighted by atomic mass is 10.0. The molecule has 0 saturated carbocycles. The third kappa shape index (κ3) is 5.55. The number of nitrogens with zero attached hydrogens (tertiary/aromatic N) is 1. The molecule has 1 fully saturated rings. The summed E-state index contributed by atoms with van der Waals surface area (Å²) in [5.74, 6) is 0.804. The first-order valence-electron chi connectivity index (χ1n) is 10.3. The van der Waals surface area contributed by atoms with Gasteiger partial charge in [0.15, 0.2) is 5.78 Å². The van der Waals surface area contributed by atoms with Crippen molar-refractivity contribution in [1.82, 2.24) is 10.2 Å². The van der Waals surface area contributed by atoms with E-state index in [0.717, 1.165) is 25.3 Å². The minimum Gasteiger partial charge on any atom is -0.468 e. The molecular weight excluding hydrogens is 352 g/mol. The number of likely N-dealkylation sites (tertiary alicyclic amines) is 1. The fourth-order valence-corrected chi connectivity index (χ4v) is 3.72. The highest BCUT2D eigenvalue weighted by atomic mass is 16.3. The molecular formula is C23H30N2O3. The van der Waals surface area contributed by atoms with Crippen molar-refractivity contribution in [1.29, 1.82) is 0 Å². The Morgan fingerprint density at radius 3 is 2.46 bits per heavy atom. The Morgan fingerprint density at radius 1 is 1.07 bits per heavy atom. The van der Waals surface area contributed by atoms with Gasteiger partial charge < -0.3 is 9.73 Å². The van der Waals surface area contributed by atoms with Crippen LogP contribution in [0.5, 0.6) is 0 Å². The average Bonchev–Trinajstić information content (AvgIpc) is 3.27. The molecule has 150 valence electrons. The van der Waals surface area contributed by atoms with Gasteiger partial charge in [-0.3, -0.25) is 14.5 Å². The van der Waals surface area contributed by atoms with Gasteiger partial charge in [0.2, 0.25) is 5.91 Å². The Hall–Kier alpha value is -2.40. The first kappa shape index (κ1) is 20.3. The van der Waals surface area contributed by atoms with Gasteiger partial charge in [-0.2, -0.15) is 0 Å². The minimum absolute atomic E-state index is 0.0106. The van der Waals surface area contributed by atoms with Gasteiger partial charge in [-0.25, -0.2) is 0 Å². The number of carbonyl (C=O) groups is 2. The summed E-state index contributed by atoms with van der Waals surface area (Å²) in [5, 5.41) is 3.00. The van der Waals surface area contributed by atoms with Gasteiger partial charge in [-0.15, -0.1) is 0 Å². The Balaban J connectivity index is 1.49. The van der Waals surface area contributed by atoms with Gasteiger partial charge >= 0.3 is 0 Å². The van der Waals surface area contributed by atoms with Gasteiger partial charge in [0, 0.05) is 24.9 Å². The Labute approximate surface area is 167 Å². The fourth-order valence-electron chi connectivity index (χ4n) is 3.72. The smallest absolute Gasteiger partial charge is 0.220 e. The molecule has 1 N–H and O–H groups in total. The minimum atomic E-state index is -0.0907. The molecule has 0 aliphatic carbocycles. The zero-order chi connectivity index (χ0) is 19.8. The first-order valence-corrected chi connectivity index (χ1v) is 10.3. The summed E-state index contributed by atoms with van der Waals surface area (Å²) in [6.07, 6.45) is 6.68. The summed E-state index contributed by atoms with van der Waals surface area (Å²) in [5.41, 5.74) is 1.88. The molecule has 1 aromatic carbocycles. The van der Waals surface area contributed by atoms with E-state index < -0.39 is 0 Å². The standard InChI is InChI=1S/C23H30N2O3/c1-2-18-8-10-19(11-9-18)21(26)12-13-23(27)24-17-20(22-7-6-16-28-22)25-14-4-3-5-15-25/h6-11,16,20H,2-5,12-15,17H2,1H3,(H,24,27). The van der Waals surface area contributed by atoms with Gasteiger partial charge in [0.1, 0.15) is 5.76 Å². The molecule has 2 aromatic rings. The van der Waals surface area contributed by atoms with Crippen molar-refractivity contribution in [3.8, 4) is 0 Å². The predicted octanol–water partition coefficient (Wildman–Crippen LogP) is 4.15. The molecule has 0 bridgehead atoms. The number of rotatable bonds is 9.